The van der Waals surface area contributed by atoms with Gasteiger partial charge in [0.1, 0.15) is 12.7 Å². The first kappa shape index (κ1) is 8.36. The third-order valence-electron chi connectivity index (χ3n) is 1.21. The quantitative estimate of drug-likeness (QED) is 0.268. The van der Waals surface area contributed by atoms with Crippen molar-refractivity contribution in [3.8, 4) is 0 Å². The molecule has 4 heteroatoms. The Labute approximate surface area is 70.0 Å². The van der Waals surface area contributed by atoms with Crippen molar-refractivity contribution in [1.29, 1.82) is 0 Å². The summed E-state index contributed by atoms with van der Waals surface area (Å²) in [5.41, 5.74) is 0.209. The lowest BCUT2D eigenvalue weighted by Crippen LogP contribution is -2.11. The number of rotatable bonds is 4. The maximum atomic E-state index is 10.8. The van der Waals surface area contributed by atoms with Crippen LogP contribution in [0.5, 0.6) is 0 Å². The molecule has 0 amide bonds. The SMILES string of the molecule is C=C(C=S)C(=O)OCC1CO1. The number of esters is 1. The molecule has 0 N–H and O–H groups in total. The molecule has 0 aromatic rings. The molecule has 1 rings (SSSR count). The van der Waals surface area contributed by atoms with Crippen LogP contribution in [-0.4, -0.2) is 30.7 Å². The van der Waals surface area contributed by atoms with E-state index in [-0.39, 0.29) is 11.7 Å². The molecule has 1 unspecified atom stereocenters. The third kappa shape index (κ3) is 2.78. The van der Waals surface area contributed by atoms with Crippen LogP contribution in [0.3, 0.4) is 0 Å². The fraction of sp³-hybridized carbons (Fsp3) is 0.429. The second-order valence-electron chi connectivity index (χ2n) is 2.20. The summed E-state index contributed by atoms with van der Waals surface area (Å²) in [6.07, 6.45) is 0.0943. The summed E-state index contributed by atoms with van der Waals surface area (Å²) in [5, 5.41) is 1.20. The van der Waals surface area contributed by atoms with Gasteiger partial charge in [0.15, 0.2) is 0 Å². The Morgan fingerprint density at radius 3 is 3.00 bits per heavy atom. The van der Waals surface area contributed by atoms with Crippen molar-refractivity contribution in [2.45, 2.75) is 6.10 Å². The average molecular weight is 172 g/mol. The molecular formula is C7H8O3S. The van der Waals surface area contributed by atoms with Crippen LogP contribution >= 0.6 is 12.2 Å². The van der Waals surface area contributed by atoms with Crippen LogP contribution in [0, 0.1) is 0 Å². The van der Waals surface area contributed by atoms with E-state index in [9.17, 15) is 4.79 Å². The lowest BCUT2D eigenvalue weighted by atomic mass is 10.4. The van der Waals surface area contributed by atoms with Crippen molar-refractivity contribution in [3.05, 3.63) is 12.2 Å². The molecule has 1 fully saturated rings. The molecule has 11 heavy (non-hydrogen) atoms. The van der Waals surface area contributed by atoms with Gasteiger partial charge in [0.25, 0.3) is 0 Å². The first-order valence-electron chi connectivity index (χ1n) is 3.17. The van der Waals surface area contributed by atoms with E-state index in [0.29, 0.717) is 13.2 Å². The monoisotopic (exact) mass is 172 g/mol. The van der Waals surface area contributed by atoms with Crippen LogP contribution in [0.25, 0.3) is 0 Å². The smallest absolute Gasteiger partial charge is 0.338 e. The number of carbonyl (C=O) groups is 1. The Bertz CT molecular complexity index is 196. The van der Waals surface area contributed by atoms with Gasteiger partial charge in [-0.1, -0.05) is 18.8 Å². The zero-order chi connectivity index (χ0) is 8.27. The Hall–Kier alpha value is -0.740. The zero-order valence-corrected chi connectivity index (χ0v) is 6.73. The van der Waals surface area contributed by atoms with E-state index in [1.165, 1.54) is 5.37 Å². The number of carbonyl (C=O) groups excluding carboxylic acids is 1. The van der Waals surface area contributed by atoms with Crippen LogP contribution in [0.2, 0.25) is 0 Å². The number of epoxide rings is 1. The molecule has 1 saturated heterocycles. The van der Waals surface area contributed by atoms with Crippen molar-refractivity contribution in [3.63, 3.8) is 0 Å². The Morgan fingerprint density at radius 2 is 2.55 bits per heavy atom. The van der Waals surface area contributed by atoms with Crippen molar-refractivity contribution >= 4 is 23.6 Å². The molecule has 0 bridgehead atoms. The highest BCUT2D eigenvalue weighted by Gasteiger charge is 2.24. The van der Waals surface area contributed by atoms with Crippen molar-refractivity contribution in [2.24, 2.45) is 0 Å². The molecular weight excluding hydrogens is 164 g/mol. The van der Waals surface area contributed by atoms with Crippen molar-refractivity contribution in [1.82, 2.24) is 0 Å². The third-order valence-corrected chi connectivity index (χ3v) is 1.49. The second-order valence-corrected chi connectivity index (χ2v) is 2.43. The predicted octanol–water partition coefficient (Wildman–Crippen LogP) is 0.484. The minimum Gasteiger partial charge on any atom is -0.459 e. The van der Waals surface area contributed by atoms with Gasteiger partial charge in [0.2, 0.25) is 0 Å². The van der Waals surface area contributed by atoms with E-state index in [1.807, 2.05) is 0 Å². The summed E-state index contributed by atoms with van der Waals surface area (Å²) in [5.74, 6) is -0.462. The summed E-state index contributed by atoms with van der Waals surface area (Å²) < 4.78 is 9.59. The molecule has 3 nitrogen and oxygen atoms in total. The first-order valence-corrected chi connectivity index (χ1v) is 3.64. The summed E-state index contributed by atoms with van der Waals surface area (Å²) in [6.45, 7) is 4.38. The van der Waals surface area contributed by atoms with E-state index in [1.54, 1.807) is 0 Å². The standard InChI is InChI=1S/C7H8O3S/c1-5(4-11)7(8)10-3-6-2-9-6/h4,6H,1-3H2. The number of hydrogen-bond acceptors (Lipinski definition) is 4. The molecule has 0 aliphatic carbocycles. The van der Waals surface area contributed by atoms with Crippen LogP contribution < -0.4 is 0 Å². The maximum absolute atomic E-state index is 10.8. The minimum absolute atomic E-state index is 0.0943. The average Bonchev–Trinajstić information content (AvgIpc) is 2.81. The number of ether oxygens (including phenoxy) is 2. The molecule has 1 aliphatic heterocycles. The molecule has 1 aliphatic rings. The van der Waals surface area contributed by atoms with E-state index >= 15 is 0 Å². The van der Waals surface area contributed by atoms with Crippen LogP contribution in [0.1, 0.15) is 0 Å². The number of hydrogen-bond donors (Lipinski definition) is 0. The van der Waals surface area contributed by atoms with Gasteiger partial charge >= 0.3 is 5.97 Å². The summed E-state index contributed by atoms with van der Waals surface area (Å²) >= 11 is 4.49. The molecule has 0 saturated carbocycles. The molecule has 1 heterocycles. The van der Waals surface area contributed by atoms with Gasteiger partial charge < -0.3 is 9.47 Å². The first-order chi connectivity index (χ1) is 5.24. The van der Waals surface area contributed by atoms with Gasteiger partial charge in [0.05, 0.1) is 12.2 Å². The van der Waals surface area contributed by atoms with Gasteiger partial charge in [-0.25, -0.2) is 4.79 Å². The number of thiocarbonyl (C=S) groups is 1. The van der Waals surface area contributed by atoms with Gasteiger partial charge in [-0.15, -0.1) is 0 Å². The lowest BCUT2D eigenvalue weighted by molar-refractivity contribution is -0.138. The second kappa shape index (κ2) is 3.59. The van der Waals surface area contributed by atoms with Crippen molar-refractivity contribution < 1.29 is 14.3 Å². The highest BCUT2D eigenvalue weighted by Crippen LogP contribution is 2.09. The highest BCUT2D eigenvalue weighted by atomic mass is 32.1. The van der Waals surface area contributed by atoms with E-state index < -0.39 is 5.97 Å². The predicted molar refractivity (Wildman–Crippen MR) is 43.5 cm³/mol. The molecule has 0 aromatic heterocycles. The normalized spacial score (nSPS) is 20.5. The van der Waals surface area contributed by atoms with Crippen LogP contribution in [-0.2, 0) is 14.3 Å². The Morgan fingerprint density at radius 1 is 1.91 bits per heavy atom. The van der Waals surface area contributed by atoms with Gasteiger partial charge in [0, 0.05) is 5.37 Å². The van der Waals surface area contributed by atoms with E-state index in [4.69, 9.17) is 9.47 Å². The minimum atomic E-state index is -0.462. The summed E-state index contributed by atoms with van der Waals surface area (Å²) in [4.78, 5) is 10.8. The highest BCUT2D eigenvalue weighted by molar-refractivity contribution is 7.79. The van der Waals surface area contributed by atoms with Gasteiger partial charge in [-0.05, 0) is 0 Å². The van der Waals surface area contributed by atoms with E-state index in [2.05, 4.69) is 18.8 Å². The van der Waals surface area contributed by atoms with Gasteiger partial charge in [-0.2, -0.15) is 0 Å². The fourth-order valence-electron chi connectivity index (χ4n) is 0.474. The summed E-state index contributed by atoms with van der Waals surface area (Å²) in [6, 6.07) is 0. The molecule has 0 spiro atoms. The molecule has 1 atom stereocenters. The lowest BCUT2D eigenvalue weighted by Gasteiger charge is -1.99. The zero-order valence-electron chi connectivity index (χ0n) is 5.91. The Balaban J connectivity index is 2.18. The largest absolute Gasteiger partial charge is 0.459 e. The molecule has 60 valence electrons. The van der Waals surface area contributed by atoms with Crippen LogP contribution in [0.4, 0.5) is 0 Å². The summed E-state index contributed by atoms with van der Waals surface area (Å²) in [7, 11) is 0. The maximum Gasteiger partial charge on any atom is 0.338 e. The van der Waals surface area contributed by atoms with Crippen molar-refractivity contribution in [2.75, 3.05) is 13.2 Å². The van der Waals surface area contributed by atoms with Gasteiger partial charge in [-0.3, -0.25) is 0 Å². The van der Waals surface area contributed by atoms with Crippen LogP contribution in [0.15, 0.2) is 12.2 Å². The topological polar surface area (TPSA) is 38.8 Å². The fourth-order valence-corrected chi connectivity index (χ4v) is 0.570. The Kier molecular flexibility index (Phi) is 2.73. The molecule has 0 radical (unpaired) electrons. The molecule has 0 aromatic carbocycles. The van der Waals surface area contributed by atoms with E-state index in [0.717, 1.165) is 0 Å².